The molecule has 0 aromatic heterocycles. The number of ether oxygens (including phenoxy) is 3. The van der Waals surface area contributed by atoms with Gasteiger partial charge in [0, 0.05) is 11.4 Å². The number of nitrogens with zero attached hydrogens (tertiary/aromatic N) is 1. The maximum atomic E-state index is 5.90. The van der Waals surface area contributed by atoms with Crippen LogP contribution in [0.1, 0.15) is 37.2 Å². The molecule has 178 valence electrons. The maximum Gasteiger partial charge on any atom is 0.231 e. The molecule has 5 rings (SSSR count). The van der Waals surface area contributed by atoms with Gasteiger partial charge in [-0.25, -0.2) is 0 Å². The van der Waals surface area contributed by atoms with Crippen LogP contribution in [-0.2, 0) is 0 Å². The number of nitrogens with one attached hydrogen (secondary N) is 1. The number of benzene rings is 3. The van der Waals surface area contributed by atoms with Crippen molar-refractivity contribution in [3.05, 3.63) is 78.4 Å². The van der Waals surface area contributed by atoms with Gasteiger partial charge in [0.15, 0.2) is 11.5 Å². The van der Waals surface area contributed by atoms with E-state index in [0.29, 0.717) is 12.7 Å². The van der Waals surface area contributed by atoms with Crippen molar-refractivity contribution in [3.63, 3.8) is 0 Å². The highest BCUT2D eigenvalue weighted by molar-refractivity contribution is 7.97. The molecule has 0 radical (unpaired) electrons. The van der Waals surface area contributed by atoms with Crippen molar-refractivity contribution in [2.75, 3.05) is 33.0 Å². The Morgan fingerprint density at radius 2 is 1.62 bits per heavy atom. The molecule has 34 heavy (non-hydrogen) atoms. The molecule has 1 fully saturated rings. The average Bonchev–Trinajstić information content (AvgIpc) is 3.36. The molecule has 2 heterocycles. The molecule has 1 unspecified atom stereocenters. The van der Waals surface area contributed by atoms with Crippen LogP contribution in [0.3, 0.4) is 0 Å². The summed E-state index contributed by atoms with van der Waals surface area (Å²) in [6.07, 6.45) is 5.14. The van der Waals surface area contributed by atoms with Gasteiger partial charge in [-0.2, -0.15) is 0 Å². The maximum absolute atomic E-state index is 5.90. The Bertz CT molecular complexity index is 1040. The van der Waals surface area contributed by atoms with Gasteiger partial charge in [0.1, 0.15) is 11.5 Å². The molecular weight excluding hydrogens is 444 g/mol. The molecule has 3 aromatic carbocycles. The number of piperidine rings is 1. The largest absolute Gasteiger partial charge is 0.457 e. The SMILES string of the molecule is c1ccc(Oc2ccc(SNCC(CCN3CCCCC3)c3ccc4c(c3)OCO4)cc2)cc1. The third-order valence-corrected chi connectivity index (χ3v) is 7.25. The second-order valence-corrected chi connectivity index (χ2v) is 9.80. The molecule has 5 nitrogen and oxygen atoms in total. The highest BCUT2D eigenvalue weighted by Crippen LogP contribution is 2.35. The highest BCUT2D eigenvalue weighted by Gasteiger charge is 2.20. The summed E-state index contributed by atoms with van der Waals surface area (Å²) in [5.74, 6) is 3.81. The Balaban J connectivity index is 1.18. The van der Waals surface area contributed by atoms with Crippen molar-refractivity contribution >= 4 is 11.9 Å². The number of likely N-dealkylation sites (tertiary alicyclic amines) is 1. The van der Waals surface area contributed by atoms with E-state index < -0.39 is 0 Å². The first-order valence-electron chi connectivity index (χ1n) is 12.2. The fourth-order valence-electron chi connectivity index (χ4n) is 4.50. The van der Waals surface area contributed by atoms with Crippen LogP contribution in [0.4, 0.5) is 0 Å². The summed E-state index contributed by atoms with van der Waals surface area (Å²) in [6, 6.07) is 24.5. The molecule has 0 spiro atoms. The Morgan fingerprint density at radius 1 is 0.853 bits per heavy atom. The first-order valence-corrected chi connectivity index (χ1v) is 13.0. The summed E-state index contributed by atoms with van der Waals surface area (Å²) in [5.41, 5.74) is 1.31. The van der Waals surface area contributed by atoms with Crippen molar-refractivity contribution < 1.29 is 14.2 Å². The molecule has 6 heteroatoms. The number of para-hydroxylation sites is 1. The molecule has 2 aliphatic rings. The van der Waals surface area contributed by atoms with Crippen molar-refractivity contribution in [1.82, 2.24) is 9.62 Å². The summed E-state index contributed by atoms with van der Waals surface area (Å²) in [6.45, 7) is 4.80. The minimum absolute atomic E-state index is 0.315. The first-order chi connectivity index (χ1) is 16.8. The molecule has 3 aromatic rings. The zero-order chi connectivity index (χ0) is 23.0. The van der Waals surface area contributed by atoms with Crippen LogP contribution in [-0.4, -0.2) is 37.9 Å². The third-order valence-electron chi connectivity index (χ3n) is 6.43. The molecule has 0 aliphatic carbocycles. The van der Waals surface area contributed by atoms with Crippen LogP contribution < -0.4 is 18.9 Å². The number of fused-ring (bicyclic) bond motifs is 1. The lowest BCUT2D eigenvalue weighted by Gasteiger charge is -2.28. The molecule has 0 bridgehead atoms. The topological polar surface area (TPSA) is 43.0 Å². The van der Waals surface area contributed by atoms with E-state index in [1.165, 1.54) is 42.8 Å². The smallest absolute Gasteiger partial charge is 0.231 e. The van der Waals surface area contributed by atoms with Gasteiger partial charge in [-0.05, 0) is 111 Å². The second kappa shape index (κ2) is 11.6. The number of hydrogen-bond donors (Lipinski definition) is 1. The van der Waals surface area contributed by atoms with Gasteiger partial charge in [-0.3, -0.25) is 4.72 Å². The molecule has 1 N–H and O–H groups in total. The van der Waals surface area contributed by atoms with Gasteiger partial charge < -0.3 is 19.1 Å². The molecule has 2 aliphatic heterocycles. The Labute approximate surface area is 206 Å². The summed E-state index contributed by atoms with van der Waals surface area (Å²) in [7, 11) is 0. The third kappa shape index (κ3) is 6.26. The van der Waals surface area contributed by atoms with E-state index in [2.05, 4.69) is 33.9 Å². The van der Waals surface area contributed by atoms with E-state index in [0.717, 1.165) is 42.5 Å². The Morgan fingerprint density at radius 3 is 2.44 bits per heavy atom. The predicted molar refractivity (Wildman–Crippen MR) is 137 cm³/mol. The fraction of sp³-hybridized carbons (Fsp3) is 0.357. The van der Waals surface area contributed by atoms with E-state index in [9.17, 15) is 0 Å². The molecular formula is C28H32N2O3S. The number of hydrogen-bond acceptors (Lipinski definition) is 6. The quantitative estimate of drug-likeness (QED) is 0.339. The van der Waals surface area contributed by atoms with Crippen molar-refractivity contribution in [1.29, 1.82) is 0 Å². The van der Waals surface area contributed by atoms with E-state index in [1.807, 2.05) is 48.5 Å². The van der Waals surface area contributed by atoms with Gasteiger partial charge >= 0.3 is 0 Å². The van der Waals surface area contributed by atoms with E-state index in [4.69, 9.17) is 14.2 Å². The standard InChI is InChI=1S/C28H32N2O3S/c1-3-7-24(8-4-1)33-25-10-12-26(13-11-25)34-29-20-23(15-18-30-16-5-2-6-17-30)22-9-14-27-28(19-22)32-21-31-27/h1,3-4,7-14,19,23,29H,2,5-6,15-18,20-21H2. The monoisotopic (exact) mass is 476 g/mol. The highest BCUT2D eigenvalue weighted by atomic mass is 32.2. The van der Waals surface area contributed by atoms with Gasteiger partial charge in [-0.15, -0.1) is 0 Å². The van der Waals surface area contributed by atoms with Crippen molar-refractivity contribution in [2.45, 2.75) is 36.5 Å². The Hall–Kier alpha value is -2.67. The minimum Gasteiger partial charge on any atom is -0.457 e. The fourth-order valence-corrected chi connectivity index (χ4v) is 5.22. The van der Waals surface area contributed by atoms with Crippen LogP contribution in [0.5, 0.6) is 23.0 Å². The van der Waals surface area contributed by atoms with Gasteiger partial charge in [0.2, 0.25) is 6.79 Å². The van der Waals surface area contributed by atoms with Crippen LogP contribution in [0, 0.1) is 0 Å². The molecule has 1 saturated heterocycles. The van der Waals surface area contributed by atoms with Crippen molar-refractivity contribution in [2.24, 2.45) is 0 Å². The average molecular weight is 477 g/mol. The normalized spacial score (nSPS) is 16.4. The van der Waals surface area contributed by atoms with Crippen molar-refractivity contribution in [3.8, 4) is 23.0 Å². The van der Waals surface area contributed by atoms with Crippen LogP contribution >= 0.6 is 11.9 Å². The Kier molecular flexibility index (Phi) is 7.91. The van der Waals surface area contributed by atoms with E-state index in [-0.39, 0.29) is 0 Å². The summed E-state index contributed by atoms with van der Waals surface area (Å²) in [5, 5.41) is 0. The summed E-state index contributed by atoms with van der Waals surface area (Å²) < 4.78 is 20.7. The van der Waals surface area contributed by atoms with Gasteiger partial charge in [0.05, 0.1) is 0 Å². The number of rotatable bonds is 10. The minimum atomic E-state index is 0.315. The molecule has 0 saturated carbocycles. The van der Waals surface area contributed by atoms with E-state index >= 15 is 0 Å². The van der Waals surface area contributed by atoms with E-state index in [1.54, 1.807) is 11.9 Å². The lowest BCUT2D eigenvalue weighted by molar-refractivity contribution is 0.174. The summed E-state index contributed by atoms with van der Waals surface area (Å²) in [4.78, 5) is 3.78. The van der Waals surface area contributed by atoms with Gasteiger partial charge in [-0.1, -0.05) is 30.7 Å². The molecule has 1 atom stereocenters. The lowest BCUT2D eigenvalue weighted by atomic mass is 9.95. The first kappa shape index (κ1) is 23.1. The van der Waals surface area contributed by atoms with Crippen LogP contribution in [0.15, 0.2) is 77.7 Å². The summed E-state index contributed by atoms with van der Waals surface area (Å²) >= 11 is 1.67. The zero-order valence-corrected chi connectivity index (χ0v) is 20.3. The molecule has 0 amide bonds. The second-order valence-electron chi connectivity index (χ2n) is 8.84. The zero-order valence-electron chi connectivity index (χ0n) is 19.4. The predicted octanol–water partition coefficient (Wildman–Crippen LogP) is 6.46. The lowest BCUT2D eigenvalue weighted by Crippen LogP contribution is -2.32. The van der Waals surface area contributed by atoms with Crippen LogP contribution in [0.2, 0.25) is 0 Å². The van der Waals surface area contributed by atoms with Gasteiger partial charge in [0.25, 0.3) is 0 Å². The van der Waals surface area contributed by atoms with Crippen LogP contribution in [0.25, 0.3) is 0 Å².